The van der Waals surface area contributed by atoms with Crippen LogP contribution in [0.25, 0.3) is 0 Å². The van der Waals surface area contributed by atoms with Gasteiger partial charge in [0, 0.05) is 29.8 Å². The Labute approximate surface area is 192 Å². The number of amides is 2. The first-order chi connectivity index (χ1) is 15.3. The van der Waals surface area contributed by atoms with Crippen LogP contribution in [0.3, 0.4) is 0 Å². The number of benzene rings is 2. The van der Waals surface area contributed by atoms with Crippen molar-refractivity contribution in [1.29, 1.82) is 0 Å². The SMILES string of the molecule is COc1ccc(NC(=O)C(=O)NCC[C@H]2CCCCN2S(=O)(=O)c2ccc(Cl)cc2)cc1. The summed E-state index contributed by atoms with van der Waals surface area (Å²) in [6, 6.07) is 12.4. The van der Waals surface area contributed by atoms with Gasteiger partial charge in [0.1, 0.15) is 5.75 Å². The first-order valence-electron chi connectivity index (χ1n) is 10.3. The monoisotopic (exact) mass is 479 g/mol. The van der Waals surface area contributed by atoms with Gasteiger partial charge in [-0.1, -0.05) is 18.0 Å². The van der Waals surface area contributed by atoms with Crippen molar-refractivity contribution in [2.45, 2.75) is 36.6 Å². The zero-order valence-electron chi connectivity index (χ0n) is 17.7. The van der Waals surface area contributed by atoms with Crippen LogP contribution in [0.5, 0.6) is 5.75 Å². The molecule has 0 saturated carbocycles. The first kappa shape index (κ1) is 24.0. The number of sulfonamides is 1. The molecule has 1 fully saturated rings. The maximum absolute atomic E-state index is 13.1. The molecule has 2 N–H and O–H groups in total. The quantitative estimate of drug-likeness (QED) is 0.594. The molecule has 0 unspecified atom stereocenters. The fourth-order valence-electron chi connectivity index (χ4n) is 3.62. The molecule has 8 nitrogen and oxygen atoms in total. The molecule has 2 aromatic carbocycles. The Kier molecular flexibility index (Phi) is 8.11. The molecule has 2 amide bonds. The lowest BCUT2D eigenvalue weighted by atomic mass is 10.0. The number of rotatable bonds is 7. The molecule has 3 rings (SSSR count). The Bertz CT molecular complexity index is 1040. The lowest BCUT2D eigenvalue weighted by molar-refractivity contribution is -0.136. The predicted molar refractivity (Wildman–Crippen MR) is 122 cm³/mol. The Hall–Kier alpha value is -2.62. The van der Waals surface area contributed by atoms with Gasteiger partial charge in [-0.2, -0.15) is 4.31 Å². The third kappa shape index (κ3) is 5.99. The first-order valence-corrected chi connectivity index (χ1v) is 12.1. The van der Waals surface area contributed by atoms with Crippen LogP contribution in [0.4, 0.5) is 5.69 Å². The van der Waals surface area contributed by atoms with E-state index in [1.54, 1.807) is 36.4 Å². The number of nitrogens with one attached hydrogen (secondary N) is 2. The molecule has 1 heterocycles. The summed E-state index contributed by atoms with van der Waals surface area (Å²) >= 11 is 5.88. The molecule has 10 heteroatoms. The van der Waals surface area contributed by atoms with Crippen LogP contribution in [0.2, 0.25) is 5.02 Å². The number of carbonyl (C=O) groups excluding carboxylic acids is 2. The van der Waals surface area contributed by atoms with Crippen molar-refractivity contribution in [3.8, 4) is 5.75 Å². The van der Waals surface area contributed by atoms with E-state index in [1.807, 2.05) is 0 Å². The van der Waals surface area contributed by atoms with Crippen molar-refractivity contribution in [1.82, 2.24) is 9.62 Å². The van der Waals surface area contributed by atoms with Gasteiger partial charge in [-0.05, 0) is 67.8 Å². The zero-order chi connectivity index (χ0) is 23.1. The highest BCUT2D eigenvalue weighted by Gasteiger charge is 2.33. The Morgan fingerprint density at radius 3 is 2.41 bits per heavy atom. The second kappa shape index (κ2) is 10.8. The maximum atomic E-state index is 13.1. The summed E-state index contributed by atoms with van der Waals surface area (Å²) in [6.45, 7) is 0.605. The van der Waals surface area contributed by atoms with E-state index in [2.05, 4.69) is 10.6 Å². The van der Waals surface area contributed by atoms with E-state index in [4.69, 9.17) is 16.3 Å². The van der Waals surface area contributed by atoms with E-state index in [0.29, 0.717) is 35.8 Å². The highest BCUT2D eigenvalue weighted by Crippen LogP contribution is 2.27. The lowest BCUT2D eigenvalue weighted by Crippen LogP contribution is -2.45. The van der Waals surface area contributed by atoms with Crippen LogP contribution in [0.1, 0.15) is 25.7 Å². The number of ether oxygens (including phenoxy) is 1. The maximum Gasteiger partial charge on any atom is 0.313 e. The van der Waals surface area contributed by atoms with E-state index < -0.39 is 21.8 Å². The summed E-state index contributed by atoms with van der Waals surface area (Å²) in [4.78, 5) is 24.5. The van der Waals surface area contributed by atoms with Crippen LogP contribution in [-0.2, 0) is 19.6 Å². The third-order valence-electron chi connectivity index (χ3n) is 5.31. The molecule has 1 atom stereocenters. The van der Waals surface area contributed by atoms with Crippen LogP contribution in [0.15, 0.2) is 53.4 Å². The molecule has 172 valence electrons. The summed E-state index contributed by atoms with van der Waals surface area (Å²) in [7, 11) is -2.13. The van der Waals surface area contributed by atoms with Crippen LogP contribution in [-0.4, -0.2) is 50.8 Å². The average molecular weight is 480 g/mol. The molecule has 1 aliphatic heterocycles. The van der Waals surface area contributed by atoms with Crippen molar-refractivity contribution in [2.75, 3.05) is 25.5 Å². The number of nitrogens with zero attached hydrogens (tertiary/aromatic N) is 1. The molecular formula is C22H26ClN3O5S. The molecule has 1 aliphatic rings. The van der Waals surface area contributed by atoms with E-state index in [9.17, 15) is 18.0 Å². The van der Waals surface area contributed by atoms with Gasteiger partial charge < -0.3 is 15.4 Å². The predicted octanol–water partition coefficient (Wildman–Crippen LogP) is 3.04. The number of methoxy groups -OCH3 is 1. The topological polar surface area (TPSA) is 105 Å². The van der Waals surface area contributed by atoms with E-state index in [0.717, 1.165) is 12.8 Å². The molecule has 32 heavy (non-hydrogen) atoms. The fraction of sp³-hybridized carbons (Fsp3) is 0.364. The van der Waals surface area contributed by atoms with Gasteiger partial charge in [-0.15, -0.1) is 0 Å². The van der Waals surface area contributed by atoms with Gasteiger partial charge in [0.05, 0.1) is 12.0 Å². The highest BCUT2D eigenvalue weighted by atomic mass is 35.5. The van der Waals surface area contributed by atoms with Crippen molar-refractivity contribution >= 4 is 39.1 Å². The second-order valence-corrected chi connectivity index (χ2v) is 9.77. The van der Waals surface area contributed by atoms with Gasteiger partial charge in [0.2, 0.25) is 10.0 Å². The van der Waals surface area contributed by atoms with Crippen molar-refractivity contribution in [2.24, 2.45) is 0 Å². The molecule has 0 spiro atoms. The third-order valence-corrected chi connectivity index (χ3v) is 7.53. The molecule has 0 bridgehead atoms. The average Bonchev–Trinajstić information content (AvgIpc) is 2.80. The molecule has 2 aromatic rings. The summed E-state index contributed by atoms with van der Waals surface area (Å²) in [5.41, 5.74) is 0.471. The standard InChI is InChI=1S/C22H26ClN3O5S/c1-31-19-9-7-17(8-10-19)25-22(28)21(27)24-14-13-18-4-2-3-15-26(18)32(29,30)20-11-5-16(23)6-12-20/h5-12,18H,2-4,13-15H2,1H3,(H,24,27)(H,25,28)/t18-/m1/s1. The van der Waals surface area contributed by atoms with Gasteiger partial charge in [0.25, 0.3) is 0 Å². The summed E-state index contributed by atoms with van der Waals surface area (Å²) < 4.78 is 32.7. The second-order valence-electron chi connectivity index (χ2n) is 7.45. The molecule has 0 radical (unpaired) electrons. The van der Waals surface area contributed by atoms with Crippen LogP contribution in [0, 0.1) is 0 Å². The van der Waals surface area contributed by atoms with Crippen LogP contribution < -0.4 is 15.4 Å². The van der Waals surface area contributed by atoms with Gasteiger partial charge in [0.15, 0.2) is 0 Å². The highest BCUT2D eigenvalue weighted by molar-refractivity contribution is 7.89. The van der Waals surface area contributed by atoms with Crippen LogP contribution >= 0.6 is 11.6 Å². The minimum Gasteiger partial charge on any atom is -0.497 e. The van der Waals surface area contributed by atoms with Gasteiger partial charge in [-0.25, -0.2) is 8.42 Å². The van der Waals surface area contributed by atoms with Crippen molar-refractivity contribution in [3.63, 3.8) is 0 Å². The van der Waals surface area contributed by atoms with E-state index in [1.165, 1.54) is 23.5 Å². The van der Waals surface area contributed by atoms with E-state index in [-0.39, 0.29) is 17.5 Å². The smallest absolute Gasteiger partial charge is 0.313 e. The number of anilines is 1. The Morgan fingerprint density at radius 1 is 1.06 bits per heavy atom. The molecular weight excluding hydrogens is 454 g/mol. The molecule has 1 saturated heterocycles. The minimum absolute atomic E-state index is 0.187. The fourth-order valence-corrected chi connectivity index (χ4v) is 5.47. The number of halogens is 1. The van der Waals surface area contributed by atoms with Crippen molar-refractivity contribution in [3.05, 3.63) is 53.6 Å². The number of hydrogen-bond acceptors (Lipinski definition) is 5. The normalized spacial score (nSPS) is 16.9. The molecule has 0 aromatic heterocycles. The Balaban J connectivity index is 1.55. The summed E-state index contributed by atoms with van der Waals surface area (Å²) in [6.07, 6.45) is 2.79. The number of hydrogen-bond donors (Lipinski definition) is 2. The van der Waals surface area contributed by atoms with Gasteiger partial charge >= 0.3 is 11.8 Å². The Morgan fingerprint density at radius 2 is 1.75 bits per heavy atom. The van der Waals surface area contributed by atoms with Gasteiger partial charge in [-0.3, -0.25) is 9.59 Å². The summed E-state index contributed by atoms with van der Waals surface area (Å²) in [5, 5.41) is 5.56. The largest absolute Gasteiger partial charge is 0.497 e. The summed E-state index contributed by atoms with van der Waals surface area (Å²) in [5.74, 6) is -0.925. The van der Waals surface area contributed by atoms with Crippen molar-refractivity contribution < 1.29 is 22.7 Å². The zero-order valence-corrected chi connectivity index (χ0v) is 19.3. The molecule has 0 aliphatic carbocycles. The minimum atomic E-state index is -3.67. The van der Waals surface area contributed by atoms with E-state index >= 15 is 0 Å². The lowest BCUT2D eigenvalue weighted by Gasteiger charge is -2.34. The number of piperidine rings is 1. The number of carbonyl (C=O) groups is 2.